The highest BCUT2D eigenvalue weighted by Crippen LogP contribution is 2.29. The summed E-state index contributed by atoms with van der Waals surface area (Å²) in [7, 11) is 0. The van der Waals surface area contributed by atoms with Gasteiger partial charge in [-0.25, -0.2) is 4.79 Å². The highest BCUT2D eigenvalue weighted by Gasteiger charge is 2.11. The number of aromatic carboxylic acids is 1. The first-order valence-electron chi connectivity index (χ1n) is 8.45. The van der Waals surface area contributed by atoms with Gasteiger partial charge in [0.15, 0.2) is 0 Å². The van der Waals surface area contributed by atoms with Crippen LogP contribution in [0.15, 0.2) is 42.5 Å². The number of carboxylic acid groups (broad SMARTS) is 1. The fourth-order valence-corrected chi connectivity index (χ4v) is 2.90. The lowest BCUT2D eigenvalue weighted by molar-refractivity contribution is 0.0697. The van der Waals surface area contributed by atoms with E-state index < -0.39 is 5.97 Å². The largest absolute Gasteiger partial charge is 0.478 e. The van der Waals surface area contributed by atoms with E-state index in [4.69, 9.17) is 5.11 Å². The normalized spacial score (nSPS) is 12.0. The quantitative estimate of drug-likeness (QED) is 0.666. The Hall–Kier alpha value is -2.35. The number of carboxylic acids is 1. The van der Waals surface area contributed by atoms with Crippen molar-refractivity contribution in [3.05, 3.63) is 70.3 Å². The molecule has 0 saturated carbocycles. The Balaban J connectivity index is 2.36. The number of hydrogen-bond donors (Lipinski definition) is 1. The molecule has 0 spiro atoms. The topological polar surface area (TPSA) is 37.3 Å². The molecule has 0 fully saturated rings. The lowest BCUT2D eigenvalue weighted by Crippen LogP contribution is -1.99. The predicted octanol–water partition coefficient (Wildman–Crippen LogP) is 6.19. The van der Waals surface area contributed by atoms with E-state index >= 15 is 0 Å². The Kier molecular flexibility index (Phi) is 5.61. The summed E-state index contributed by atoms with van der Waals surface area (Å²) in [5, 5.41) is 8.97. The van der Waals surface area contributed by atoms with Crippen LogP contribution < -0.4 is 0 Å². The smallest absolute Gasteiger partial charge is 0.335 e. The van der Waals surface area contributed by atoms with E-state index in [0.29, 0.717) is 17.4 Å². The van der Waals surface area contributed by atoms with Gasteiger partial charge in [-0.1, -0.05) is 64.1 Å². The summed E-state index contributed by atoms with van der Waals surface area (Å²) in [6.45, 7) is 11.0. The molecule has 0 aromatic heterocycles. The van der Waals surface area contributed by atoms with Crippen molar-refractivity contribution in [2.75, 3.05) is 0 Å². The molecule has 24 heavy (non-hydrogen) atoms. The first-order valence-corrected chi connectivity index (χ1v) is 8.45. The van der Waals surface area contributed by atoms with Gasteiger partial charge in [-0.15, -0.1) is 0 Å². The van der Waals surface area contributed by atoms with Gasteiger partial charge in [-0.2, -0.15) is 0 Å². The predicted molar refractivity (Wildman–Crippen MR) is 102 cm³/mol. The maximum absolute atomic E-state index is 10.9. The fraction of sp³-hybridized carbons (Fsp3) is 0.318. The summed E-state index contributed by atoms with van der Waals surface area (Å²) in [6.07, 6.45) is 2.10. The molecule has 2 nitrogen and oxygen atoms in total. The van der Waals surface area contributed by atoms with E-state index in [0.717, 1.165) is 5.56 Å². The third-order valence-electron chi connectivity index (χ3n) is 4.33. The Bertz CT molecular complexity index is 750. The lowest BCUT2D eigenvalue weighted by atomic mass is 9.88. The van der Waals surface area contributed by atoms with Crippen LogP contribution in [-0.4, -0.2) is 11.1 Å². The first-order chi connectivity index (χ1) is 11.3. The molecule has 0 saturated heterocycles. The molecule has 0 aliphatic heterocycles. The molecule has 0 atom stereocenters. The molecule has 0 aliphatic carbocycles. The van der Waals surface area contributed by atoms with Crippen molar-refractivity contribution in [1.29, 1.82) is 0 Å². The molecule has 0 radical (unpaired) electrons. The zero-order chi connectivity index (χ0) is 17.9. The molecule has 2 heteroatoms. The lowest BCUT2D eigenvalue weighted by Gasteiger charge is -2.17. The average Bonchev–Trinajstić information content (AvgIpc) is 2.54. The highest BCUT2D eigenvalue weighted by atomic mass is 16.4. The SMILES string of the molecule is CC(=Cc1ccc(C(=O)O)cc1)c1ccc(C(C)C)c(C(C)C)c1. The van der Waals surface area contributed by atoms with Crippen molar-refractivity contribution in [1.82, 2.24) is 0 Å². The second kappa shape index (κ2) is 7.48. The molecular formula is C22H26O2. The van der Waals surface area contributed by atoms with E-state index in [1.807, 2.05) is 12.1 Å². The first kappa shape index (κ1) is 18.0. The number of benzene rings is 2. The van der Waals surface area contributed by atoms with Crippen LogP contribution in [0.5, 0.6) is 0 Å². The number of rotatable bonds is 5. The second-order valence-corrected chi connectivity index (χ2v) is 6.91. The number of allylic oxidation sites excluding steroid dienone is 1. The molecule has 1 N–H and O–H groups in total. The monoisotopic (exact) mass is 322 g/mol. The van der Waals surface area contributed by atoms with Crippen LogP contribution in [0.3, 0.4) is 0 Å². The van der Waals surface area contributed by atoms with Crippen LogP contribution in [0.25, 0.3) is 11.6 Å². The van der Waals surface area contributed by atoms with E-state index in [2.05, 4.69) is 58.9 Å². The minimum Gasteiger partial charge on any atom is -0.478 e. The minimum atomic E-state index is -0.895. The zero-order valence-electron chi connectivity index (χ0n) is 15.1. The molecule has 2 rings (SSSR count). The zero-order valence-corrected chi connectivity index (χ0v) is 15.1. The maximum atomic E-state index is 10.9. The Morgan fingerprint density at radius 3 is 1.92 bits per heavy atom. The molecule has 0 aliphatic rings. The summed E-state index contributed by atoms with van der Waals surface area (Å²) < 4.78 is 0. The van der Waals surface area contributed by atoms with Crippen molar-refractivity contribution in [3.63, 3.8) is 0 Å². The minimum absolute atomic E-state index is 0.313. The molecule has 0 heterocycles. The molecular weight excluding hydrogens is 296 g/mol. The van der Waals surface area contributed by atoms with Gasteiger partial charge in [0.2, 0.25) is 0 Å². The Morgan fingerprint density at radius 2 is 1.42 bits per heavy atom. The van der Waals surface area contributed by atoms with Crippen molar-refractivity contribution < 1.29 is 9.90 Å². The van der Waals surface area contributed by atoms with Crippen LogP contribution in [0, 0.1) is 0 Å². The van der Waals surface area contributed by atoms with Gasteiger partial charge < -0.3 is 5.11 Å². The van der Waals surface area contributed by atoms with Crippen molar-refractivity contribution >= 4 is 17.6 Å². The summed E-state index contributed by atoms with van der Waals surface area (Å²) >= 11 is 0. The van der Waals surface area contributed by atoms with Gasteiger partial charge in [0.25, 0.3) is 0 Å². The molecule has 2 aromatic rings. The van der Waals surface area contributed by atoms with Crippen LogP contribution in [-0.2, 0) is 0 Å². The van der Waals surface area contributed by atoms with Crippen LogP contribution in [0.4, 0.5) is 0 Å². The Labute approximate surface area is 144 Å². The maximum Gasteiger partial charge on any atom is 0.335 e. The fourth-order valence-electron chi connectivity index (χ4n) is 2.90. The van der Waals surface area contributed by atoms with E-state index in [9.17, 15) is 4.79 Å². The third kappa shape index (κ3) is 4.14. The summed E-state index contributed by atoms with van der Waals surface area (Å²) in [4.78, 5) is 10.9. The number of hydrogen-bond acceptors (Lipinski definition) is 1. The number of carbonyl (C=O) groups is 1. The molecule has 0 unspecified atom stereocenters. The van der Waals surface area contributed by atoms with Crippen molar-refractivity contribution in [2.45, 2.75) is 46.5 Å². The standard InChI is InChI=1S/C22H26O2/c1-14(2)20-11-10-19(13-21(20)15(3)4)16(5)12-17-6-8-18(9-7-17)22(23)24/h6-15H,1-5H3,(H,23,24). The van der Waals surface area contributed by atoms with E-state index in [-0.39, 0.29) is 0 Å². The van der Waals surface area contributed by atoms with Crippen molar-refractivity contribution in [3.8, 4) is 0 Å². The van der Waals surface area contributed by atoms with Gasteiger partial charge in [-0.05, 0) is 58.7 Å². The van der Waals surface area contributed by atoms with E-state index in [1.54, 1.807) is 12.1 Å². The molecule has 126 valence electrons. The van der Waals surface area contributed by atoms with Gasteiger partial charge in [0.05, 0.1) is 5.56 Å². The average molecular weight is 322 g/mol. The van der Waals surface area contributed by atoms with Gasteiger partial charge in [0.1, 0.15) is 0 Å². The van der Waals surface area contributed by atoms with Crippen LogP contribution in [0.2, 0.25) is 0 Å². The Morgan fingerprint density at radius 1 is 0.875 bits per heavy atom. The van der Waals surface area contributed by atoms with Gasteiger partial charge in [0, 0.05) is 0 Å². The summed E-state index contributed by atoms with van der Waals surface area (Å²) in [6, 6.07) is 13.7. The van der Waals surface area contributed by atoms with Gasteiger partial charge >= 0.3 is 5.97 Å². The van der Waals surface area contributed by atoms with Crippen molar-refractivity contribution in [2.24, 2.45) is 0 Å². The summed E-state index contributed by atoms with van der Waals surface area (Å²) in [5.41, 5.74) is 6.52. The molecule has 0 bridgehead atoms. The van der Waals surface area contributed by atoms with E-state index in [1.165, 1.54) is 22.3 Å². The van der Waals surface area contributed by atoms with Crippen LogP contribution >= 0.6 is 0 Å². The summed E-state index contributed by atoms with van der Waals surface area (Å²) in [5.74, 6) is 0.113. The third-order valence-corrected chi connectivity index (χ3v) is 4.33. The highest BCUT2D eigenvalue weighted by molar-refractivity contribution is 5.88. The molecule has 2 aromatic carbocycles. The van der Waals surface area contributed by atoms with Gasteiger partial charge in [-0.3, -0.25) is 0 Å². The molecule has 0 amide bonds. The van der Waals surface area contributed by atoms with Crippen LogP contribution in [0.1, 0.15) is 79.1 Å². The second-order valence-electron chi connectivity index (χ2n) is 6.91.